The van der Waals surface area contributed by atoms with Gasteiger partial charge in [0.2, 0.25) is 0 Å². The number of unbranched alkanes of at least 4 members (excludes halogenated alkanes) is 1. The second-order valence-corrected chi connectivity index (χ2v) is 9.37. The molecule has 1 amide bonds. The van der Waals surface area contributed by atoms with Gasteiger partial charge in [0.15, 0.2) is 9.84 Å². The number of sulfone groups is 1. The Bertz CT molecular complexity index is 684. The van der Waals surface area contributed by atoms with Crippen molar-refractivity contribution in [3.05, 3.63) is 29.8 Å². The molecule has 0 bridgehead atoms. The van der Waals surface area contributed by atoms with Gasteiger partial charge in [-0.25, -0.2) is 8.42 Å². The number of ether oxygens (including phenoxy) is 1. The van der Waals surface area contributed by atoms with E-state index in [1.54, 1.807) is 17.0 Å². The molecule has 0 radical (unpaired) electrons. The van der Waals surface area contributed by atoms with Crippen LogP contribution in [0.3, 0.4) is 0 Å². The molecule has 1 aromatic carbocycles. The van der Waals surface area contributed by atoms with E-state index in [4.69, 9.17) is 4.74 Å². The van der Waals surface area contributed by atoms with Crippen molar-refractivity contribution >= 4 is 15.7 Å². The van der Waals surface area contributed by atoms with Crippen molar-refractivity contribution in [1.29, 1.82) is 0 Å². The van der Waals surface area contributed by atoms with Gasteiger partial charge in [0.1, 0.15) is 5.75 Å². The zero-order chi connectivity index (χ0) is 18.4. The normalized spacial score (nSPS) is 19.1. The average molecular weight is 368 g/mol. The van der Waals surface area contributed by atoms with Crippen LogP contribution in [-0.4, -0.2) is 49.9 Å². The third-order valence-electron chi connectivity index (χ3n) is 4.33. The smallest absolute Gasteiger partial charge is 0.254 e. The molecule has 1 fully saturated rings. The summed E-state index contributed by atoms with van der Waals surface area (Å²) < 4.78 is 29.4. The van der Waals surface area contributed by atoms with E-state index < -0.39 is 9.84 Å². The summed E-state index contributed by atoms with van der Waals surface area (Å²) in [6.07, 6.45) is 2.36. The fourth-order valence-corrected chi connectivity index (χ4v) is 4.68. The molecule has 1 saturated heterocycles. The second-order valence-electron chi connectivity index (χ2n) is 7.14. The number of carbonyl (C=O) groups excluding carboxylic acids is 1. The van der Waals surface area contributed by atoms with Crippen LogP contribution >= 0.6 is 0 Å². The molecule has 1 aliphatic heterocycles. The summed E-state index contributed by atoms with van der Waals surface area (Å²) in [6.45, 7) is 7.39. The van der Waals surface area contributed by atoms with Crippen molar-refractivity contribution in [2.75, 3.05) is 24.7 Å². The second kappa shape index (κ2) is 8.70. The van der Waals surface area contributed by atoms with E-state index in [1.807, 2.05) is 12.1 Å². The van der Waals surface area contributed by atoms with Crippen LogP contribution in [0.4, 0.5) is 0 Å². The fraction of sp³-hybridized carbons (Fsp3) is 0.632. The minimum atomic E-state index is -3.03. The first-order valence-corrected chi connectivity index (χ1v) is 10.9. The monoisotopic (exact) mass is 367 g/mol. The number of nitrogens with zero attached hydrogens (tertiary/aromatic N) is 1. The van der Waals surface area contributed by atoms with Gasteiger partial charge in [-0.15, -0.1) is 0 Å². The highest BCUT2D eigenvalue weighted by molar-refractivity contribution is 7.91. The minimum Gasteiger partial charge on any atom is -0.493 e. The first-order valence-electron chi connectivity index (χ1n) is 9.06. The van der Waals surface area contributed by atoms with Crippen LogP contribution < -0.4 is 4.74 Å². The highest BCUT2D eigenvalue weighted by Gasteiger charge is 2.34. The number of rotatable bonds is 8. The number of amides is 1. The summed E-state index contributed by atoms with van der Waals surface area (Å²) in [4.78, 5) is 14.8. The van der Waals surface area contributed by atoms with Gasteiger partial charge >= 0.3 is 0 Å². The van der Waals surface area contributed by atoms with Gasteiger partial charge in [-0.05, 0) is 37.0 Å². The Labute approximate surface area is 151 Å². The highest BCUT2D eigenvalue weighted by Crippen LogP contribution is 2.22. The molecule has 2 rings (SSSR count). The molecule has 140 valence electrons. The first kappa shape index (κ1) is 19.8. The standard InChI is InChI=1S/C19H29NO4S/c1-4-5-10-20(17-9-11-25(22,23)14-17)19(21)16-7-6-8-18(12-16)24-13-15(2)3/h6-8,12,15,17H,4-5,9-11,13-14H2,1-3H3. The maximum absolute atomic E-state index is 13.0. The van der Waals surface area contributed by atoms with E-state index >= 15 is 0 Å². The maximum Gasteiger partial charge on any atom is 0.254 e. The summed E-state index contributed by atoms with van der Waals surface area (Å²) in [5, 5.41) is 0. The van der Waals surface area contributed by atoms with Gasteiger partial charge in [-0.2, -0.15) is 0 Å². The van der Waals surface area contributed by atoms with Crippen molar-refractivity contribution in [2.24, 2.45) is 5.92 Å². The number of carbonyl (C=O) groups is 1. The summed E-state index contributed by atoms with van der Waals surface area (Å²) in [5.74, 6) is 1.22. The Kier molecular flexibility index (Phi) is 6.87. The van der Waals surface area contributed by atoms with Crippen molar-refractivity contribution in [1.82, 2.24) is 4.90 Å². The van der Waals surface area contributed by atoms with Gasteiger partial charge in [0.05, 0.1) is 18.1 Å². The lowest BCUT2D eigenvalue weighted by molar-refractivity contribution is 0.0693. The summed E-state index contributed by atoms with van der Waals surface area (Å²) >= 11 is 0. The lowest BCUT2D eigenvalue weighted by atomic mass is 10.1. The number of hydrogen-bond acceptors (Lipinski definition) is 4. The zero-order valence-electron chi connectivity index (χ0n) is 15.4. The molecule has 5 nitrogen and oxygen atoms in total. The lowest BCUT2D eigenvalue weighted by Crippen LogP contribution is -2.41. The van der Waals surface area contributed by atoms with Crippen LogP contribution in [-0.2, 0) is 9.84 Å². The van der Waals surface area contributed by atoms with Gasteiger partial charge in [0.25, 0.3) is 5.91 Å². The summed E-state index contributed by atoms with van der Waals surface area (Å²) in [7, 11) is -3.03. The lowest BCUT2D eigenvalue weighted by Gasteiger charge is -2.28. The van der Waals surface area contributed by atoms with E-state index in [1.165, 1.54) is 0 Å². The Morgan fingerprint density at radius 2 is 2.12 bits per heavy atom. The van der Waals surface area contributed by atoms with Crippen molar-refractivity contribution in [3.63, 3.8) is 0 Å². The highest BCUT2D eigenvalue weighted by atomic mass is 32.2. The van der Waals surface area contributed by atoms with Crippen LogP contribution in [0.5, 0.6) is 5.75 Å². The van der Waals surface area contributed by atoms with Crippen LogP contribution in [0, 0.1) is 5.92 Å². The molecule has 0 saturated carbocycles. The average Bonchev–Trinajstić information content (AvgIpc) is 2.93. The Balaban J connectivity index is 2.16. The predicted molar refractivity (Wildman–Crippen MR) is 99.8 cm³/mol. The molecule has 25 heavy (non-hydrogen) atoms. The Hall–Kier alpha value is -1.56. The topological polar surface area (TPSA) is 63.7 Å². The number of benzene rings is 1. The molecule has 1 heterocycles. The molecular weight excluding hydrogens is 338 g/mol. The van der Waals surface area contributed by atoms with Crippen LogP contribution in [0.25, 0.3) is 0 Å². The molecule has 1 unspecified atom stereocenters. The zero-order valence-corrected chi connectivity index (χ0v) is 16.2. The molecule has 0 aromatic heterocycles. The molecule has 1 aliphatic rings. The van der Waals surface area contributed by atoms with Gasteiger partial charge in [-0.3, -0.25) is 4.79 Å². The van der Waals surface area contributed by atoms with E-state index in [2.05, 4.69) is 20.8 Å². The van der Waals surface area contributed by atoms with Crippen molar-refractivity contribution in [3.8, 4) is 5.75 Å². The quantitative estimate of drug-likeness (QED) is 0.708. The molecule has 1 atom stereocenters. The molecule has 0 aliphatic carbocycles. The first-order chi connectivity index (χ1) is 11.8. The molecule has 0 N–H and O–H groups in total. The molecular formula is C19H29NO4S. The van der Waals surface area contributed by atoms with Crippen LogP contribution in [0.15, 0.2) is 24.3 Å². The third-order valence-corrected chi connectivity index (χ3v) is 6.08. The van der Waals surface area contributed by atoms with Crippen LogP contribution in [0.1, 0.15) is 50.4 Å². The molecule has 0 spiro atoms. The van der Waals surface area contributed by atoms with Gasteiger partial charge < -0.3 is 9.64 Å². The summed E-state index contributed by atoms with van der Waals surface area (Å²) in [5.41, 5.74) is 0.557. The van der Waals surface area contributed by atoms with E-state index in [9.17, 15) is 13.2 Å². The van der Waals surface area contributed by atoms with E-state index in [-0.39, 0.29) is 23.5 Å². The Morgan fingerprint density at radius 1 is 1.36 bits per heavy atom. The third kappa shape index (κ3) is 5.73. The molecule has 1 aromatic rings. The predicted octanol–water partition coefficient (Wildman–Crippen LogP) is 3.15. The fourth-order valence-electron chi connectivity index (χ4n) is 2.95. The largest absolute Gasteiger partial charge is 0.493 e. The maximum atomic E-state index is 13.0. The molecule has 6 heteroatoms. The van der Waals surface area contributed by atoms with Gasteiger partial charge in [-0.1, -0.05) is 33.3 Å². The summed E-state index contributed by atoms with van der Waals surface area (Å²) in [6, 6.07) is 6.96. The Morgan fingerprint density at radius 3 is 2.72 bits per heavy atom. The minimum absolute atomic E-state index is 0.0754. The van der Waals surface area contributed by atoms with Crippen molar-refractivity contribution in [2.45, 2.75) is 46.1 Å². The van der Waals surface area contributed by atoms with Crippen molar-refractivity contribution < 1.29 is 17.9 Å². The van der Waals surface area contributed by atoms with Gasteiger partial charge in [0, 0.05) is 18.2 Å². The van der Waals surface area contributed by atoms with E-state index in [0.29, 0.717) is 36.8 Å². The SMILES string of the molecule is CCCCN(C(=O)c1cccc(OCC(C)C)c1)C1CCS(=O)(=O)C1. The number of hydrogen-bond donors (Lipinski definition) is 0. The van der Waals surface area contributed by atoms with E-state index in [0.717, 1.165) is 12.8 Å². The van der Waals surface area contributed by atoms with Crippen LogP contribution in [0.2, 0.25) is 0 Å².